The van der Waals surface area contributed by atoms with E-state index < -0.39 is 0 Å². The van der Waals surface area contributed by atoms with Crippen LogP contribution in [0.4, 0.5) is 0 Å². The topological polar surface area (TPSA) is 35.1 Å². The summed E-state index contributed by atoms with van der Waals surface area (Å²) in [6.45, 7) is 0. The molecular weight excluding hydrogens is 536 g/mol. The largest absolute Gasteiger partial charge is 0.314 e. The van der Waals surface area contributed by atoms with Crippen LogP contribution in [0.1, 0.15) is 0 Å². The van der Waals surface area contributed by atoms with E-state index in [1.807, 2.05) is 12.1 Å². The Morgan fingerprint density at radius 2 is 1.02 bits per heavy atom. The summed E-state index contributed by atoms with van der Waals surface area (Å²) >= 11 is 0. The summed E-state index contributed by atoms with van der Waals surface area (Å²) in [5, 5.41) is 3.41. The Morgan fingerprint density at radius 1 is 0.432 bits per heavy atom. The van der Waals surface area contributed by atoms with Gasteiger partial charge in [0.15, 0.2) is 0 Å². The fourth-order valence-electron chi connectivity index (χ4n) is 6.59. The Bertz CT molecular complexity index is 2470. The first kappa shape index (κ1) is 24.6. The van der Waals surface area contributed by atoms with Crippen molar-refractivity contribution >= 4 is 38.2 Å². The van der Waals surface area contributed by atoms with Gasteiger partial charge in [-0.15, -0.1) is 0 Å². The number of hydrogen-bond acceptors (Lipinski definition) is 2. The van der Waals surface area contributed by atoms with Crippen LogP contribution in [0.25, 0.3) is 77.8 Å². The third-order valence-corrected chi connectivity index (χ3v) is 8.56. The molecule has 4 aromatic heterocycles. The first-order chi connectivity index (χ1) is 21.8. The van der Waals surface area contributed by atoms with Crippen molar-refractivity contribution in [1.82, 2.24) is 18.9 Å². The molecule has 0 atom stereocenters. The van der Waals surface area contributed by atoms with Gasteiger partial charge in [0.05, 0.1) is 33.5 Å². The zero-order valence-corrected chi connectivity index (χ0v) is 23.8. The first-order valence-electron chi connectivity index (χ1n) is 14.9. The molecule has 0 N–H and O–H groups in total. The van der Waals surface area contributed by atoms with Gasteiger partial charge >= 0.3 is 0 Å². The number of para-hydroxylation sites is 2. The van der Waals surface area contributed by atoms with E-state index in [4.69, 9.17) is 9.97 Å². The Balaban J connectivity index is 1.36. The first-order valence-corrected chi connectivity index (χ1v) is 14.9. The smallest absolute Gasteiger partial charge is 0.235 e. The van der Waals surface area contributed by atoms with Crippen LogP contribution in [0.2, 0.25) is 0 Å². The number of fused-ring (bicyclic) bond motifs is 6. The van der Waals surface area contributed by atoms with E-state index >= 15 is 0 Å². The standard InChI is InChI=1S/C40H26N4/c1-3-13-27(14-4-1)28-22-24-29(25-23-28)37-31-17-7-9-19-33(31)41-40(42-37)44-34-20-10-8-18-32(34)36-35-21-11-12-26-43(35)38(39(36)44)30-15-5-2-6-16-30/h1-26H. The SMILES string of the molecule is c1ccc(-c2ccc(-c3nc(-n4c5ccccc5c5c4c(-c4ccccc4)n4ccccc54)nc4ccccc34)cc2)cc1. The summed E-state index contributed by atoms with van der Waals surface area (Å²) in [7, 11) is 0. The van der Waals surface area contributed by atoms with E-state index in [2.05, 4.69) is 155 Å². The van der Waals surface area contributed by atoms with Gasteiger partial charge in [-0.1, -0.05) is 127 Å². The van der Waals surface area contributed by atoms with Crippen LogP contribution in [0, 0.1) is 0 Å². The Labute approximate surface area is 254 Å². The van der Waals surface area contributed by atoms with Crippen LogP contribution in [0.15, 0.2) is 158 Å². The molecule has 0 saturated carbocycles. The van der Waals surface area contributed by atoms with Crippen LogP contribution >= 0.6 is 0 Å². The second-order valence-electron chi connectivity index (χ2n) is 11.1. The van der Waals surface area contributed by atoms with Crippen LogP contribution in [0.5, 0.6) is 0 Å². The van der Waals surface area contributed by atoms with Crippen LogP contribution in [-0.4, -0.2) is 18.9 Å². The van der Waals surface area contributed by atoms with Gasteiger partial charge in [0.1, 0.15) is 0 Å². The summed E-state index contributed by atoms with van der Waals surface area (Å²) in [5.74, 6) is 0.658. The molecule has 0 saturated heterocycles. The molecule has 0 aliphatic heterocycles. The van der Waals surface area contributed by atoms with Gasteiger partial charge in [-0.3, -0.25) is 4.57 Å². The summed E-state index contributed by atoms with van der Waals surface area (Å²) in [6, 6.07) is 53.1. The molecule has 0 spiro atoms. The van der Waals surface area contributed by atoms with Gasteiger partial charge in [0, 0.05) is 33.5 Å². The van der Waals surface area contributed by atoms with Crippen LogP contribution in [-0.2, 0) is 0 Å². The Morgan fingerprint density at radius 3 is 1.82 bits per heavy atom. The Hall–Kier alpha value is -6.00. The van der Waals surface area contributed by atoms with E-state index in [1.54, 1.807) is 0 Å². The fourth-order valence-corrected chi connectivity index (χ4v) is 6.59. The van der Waals surface area contributed by atoms with E-state index in [-0.39, 0.29) is 0 Å². The lowest BCUT2D eigenvalue weighted by Crippen LogP contribution is -2.04. The quantitative estimate of drug-likeness (QED) is 0.214. The highest BCUT2D eigenvalue weighted by Gasteiger charge is 2.24. The minimum atomic E-state index is 0.658. The molecule has 5 aromatic carbocycles. The van der Waals surface area contributed by atoms with Gasteiger partial charge in [-0.25, -0.2) is 9.97 Å². The number of rotatable bonds is 4. The lowest BCUT2D eigenvalue weighted by atomic mass is 10.0. The highest BCUT2D eigenvalue weighted by Crippen LogP contribution is 2.42. The van der Waals surface area contributed by atoms with Crippen molar-refractivity contribution in [2.24, 2.45) is 0 Å². The minimum Gasteiger partial charge on any atom is -0.314 e. The van der Waals surface area contributed by atoms with E-state index in [0.717, 1.165) is 50.0 Å². The second-order valence-corrected chi connectivity index (χ2v) is 11.1. The zero-order chi connectivity index (χ0) is 29.0. The lowest BCUT2D eigenvalue weighted by Gasteiger charge is -2.13. The van der Waals surface area contributed by atoms with E-state index in [1.165, 1.54) is 21.9 Å². The number of pyridine rings is 1. The number of benzene rings is 5. The molecule has 0 bridgehead atoms. The molecule has 206 valence electrons. The molecule has 0 amide bonds. The second kappa shape index (κ2) is 9.79. The molecule has 4 heterocycles. The summed E-state index contributed by atoms with van der Waals surface area (Å²) in [6.07, 6.45) is 2.15. The number of nitrogens with zero attached hydrogens (tertiary/aromatic N) is 4. The van der Waals surface area contributed by atoms with Crippen molar-refractivity contribution in [2.75, 3.05) is 0 Å². The molecule has 4 heteroatoms. The molecule has 44 heavy (non-hydrogen) atoms. The van der Waals surface area contributed by atoms with Gasteiger partial charge in [-0.05, 0) is 35.4 Å². The van der Waals surface area contributed by atoms with Crippen molar-refractivity contribution in [3.8, 4) is 39.6 Å². The maximum atomic E-state index is 5.36. The van der Waals surface area contributed by atoms with E-state index in [0.29, 0.717) is 5.95 Å². The summed E-state index contributed by atoms with van der Waals surface area (Å²) in [5.41, 5.74) is 10.9. The zero-order valence-electron chi connectivity index (χ0n) is 23.8. The van der Waals surface area contributed by atoms with Gasteiger partial charge in [0.2, 0.25) is 5.95 Å². The van der Waals surface area contributed by atoms with Crippen LogP contribution < -0.4 is 0 Å². The van der Waals surface area contributed by atoms with Crippen molar-refractivity contribution < 1.29 is 0 Å². The average molecular weight is 563 g/mol. The van der Waals surface area contributed by atoms with Crippen molar-refractivity contribution in [1.29, 1.82) is 0 Å². The molecule has 0 radical (unpaired) electrons. The number of aromatic nitrogens is 4. The highest BCUT2D eigenvalue weighted by atomic mass is 15.2. The van der Waals surface area contributed by atoms with Crippen molar-refractivity contribution in [3.63, 3.8) is 0 Å². The maximum absolute atomic E-state index is 5.36. The van der Waals surface area contributed by atoms with Crippen LogP contribution in [0.3, 0.4) is 0 Å². The third kappa shape index (κ3) is 3.71. The molecule has 0 aliphatic rings. The molecule has 0 unspecified atom stereocenters. The maximum Gasteiger partial charge on any atom is 0.235 e. The lowest BCUT2D eigenvalue weighted by molar-refractivity contribution is 1.01. The normalized spacial score (nSPS) is 11.6. The summed E-state index contributed by atoms with van der Waals surface area (Å²) in [4.78, 5) is 10.6. The number of hydrogen-bond donors (Lipinski definition) is 0. The Kier molecular flexibility index (Phi) is 5.47. The van der Waals surface area contributed by atoms with Crippen molar-refractivity contribution in [2.45, 2.75) is 0 Å². The molecular formula is C40H26N4. The minimum absolute atomic E-state index is 0.658. The van der Waals surface area contributed by atoms with E-state index in [9.17, 15) is 0 Å². The predicted octanol–water partition coefficient (Wildman–Crippen LogP) is 9.98. The van der Waals surface area contributed by atoms with Gasteiger partial charge < -0.3 is 4.40 Å². The predicted molar refractivity (Wildman–Crippen MR) is 181 cm³/mol. The summed E-state index contributed by atoms with van der Waals surface area (Å²) < 4.78 is 4.56. The molecule has 0 aliphatic carbocycles. The highest BCUT2D eigenvalue weighted by molar-refractivity contribution is 6.21. The third-order valence-electron chi connectivity index (χ3n) is 8.56. The molecule has 0 fully saturated rings. The fraction of sp³-hybridized carbons (Fsp3) is 0. The van der Waals surface area contributed by atoms with Gasteiger partial charge in [-0.2, -0.15) is 0 Å². The molecule has 9 aromatic rings. The average Bonchev–Trinajstić information content (AvgIpc) is 3.61. The van der Waals surface area contributed by atoms with Crippen molar-refractivity contribution in [3.05, 3.63) is 158 Å². The molecule has 4 nitrogen and oxygen atoms in total. The monoisotopic (exact) mass is 562 g/mol. The van der Waals surface area contributed by atoms with Gasteiger partial charge in [0.25, 0.3) is 0 Å². The molecule has 9 rings (SSSR count).